The number of ether oxygens (including phenoxy) is 4. The minimum absolute atomic E-state index is 0.0303. The molecule has 0 spiro atoms. The van der Waals surface area contributed by atoms with Crippen LogP contribution < -0.4 is 15.0 Å². The molecular formula is C43H56N2O11. The lowest BCUT2D eigenvalue weighted by atomic mass is 9.78. The molecule has 56 heavy (non-hydrogen) atoms. The van der Waals surface area contributed by atoms with Gasteiger partial charge in [0.2, 0.25) is 0 Å². The van der Waals surface area contributed by atoms with Gasteiger partial charge in [-0.3, -0.25) is 14.4 Å². The Kier molecular flexibility index (Phi) is 13.8. The number of hydrogen-bond acceptors (Lipinski definition) is 12. The van der Waals surface area contributed by atoms with E-state index >= 15 is 0 Å². The summed E-state index contributed by atoms with van der Waals surface area (Å²) in [6.45, 7) is 21.1. The predicted molar refractivity (Wildman–Crippen MR) is 215 cm³/mol. The molecule has 0 saturated carbocycles. The zero-order valence-corrected chi connectivity index (χ0v) is 33.7. The van der Waals surface area contributed by atoms with Gasteiger partial charge in [-0.25, -0.2) is 0 Å². The molecule has 0 aliphatic carbocycles. The molecule has 0 saturated heterocycles. The molecule has 0 fully saturated rings. The van der Waals surface area contributed by atoms with Gasteiger partial charge in [-0.15, -0.1) is 13.2 Å². The number of carbonyl (C=O) groups excluding carboxylic acids is 3. The van der Waals surface area contributed by atoms with Crippen molar-refractivity contribution in [3.63, 3.8) is 0 Å². The minimum Gasteiger partial charge on any atom is -0.507 e. The normalized spacial score (nSPS) is 28.7. The second kappa shape index (κ2) is 17.8. The summed E-state index contributed by atoms with van der Waals surface area (Å²) in [5.74, 6) is -6.87. The molecule has 0 radical (unpaired) electrons. The van der Waals surface area contributed by atoms with Crippen LogP contribution in [0.5, 0.6) is 17.2 Å². The topological polar surface area (TPSA) is 184 Å². The third kappa shape index (κ3) is 8.49. The summed E-state index contributed by atoms with van der Waals surface area (Å²) in [5, 5.41) is 49.0. The average Bonchev–Trinajstić information content (AvgIpc) is 3.42. The second-order valence-corrected chi connectivity index (χ2v) is 14.9. The first kappa shape index (κ1) is 43.6. The van der Waals surface area contributed by atoms with Crippen molar-refractivity contribution < 1.29 is 53.8 Å². The number of esters is 1. The van der Waals surface area contributed by atoms with Gasteiger partial charge >= 0.3 is 11.8 Å². The maximum atomic E-state index is 14.5. The molecule has 2 aromatic carbocycles. The van der Waals surface area contributed by atoms with E-state index in [1.54, 1.807) is 69.9 Å². The lowest BCUT2D eigenvalue weighted by Crippen LogP contribution is -2.46. The lowest BCUT2D eigenvalue weighted by molar-refractivity contribution is -0.160. The number of aliphatic hydroxyl groups is 2. The van der Waals surface area contributed by atoms with E-state index in [9.17, 15) is 34.8 Å². The number of Topliss-reactive ketones (excluding diaryl/α,β-unsaturated/α-hetero) is 1. The van der Waals surface area contributed by atoms with Gasteiger partial charge in [-0.05, 0) is 26.0 Å². The molecule has 3 aliphatic rings. The molecule has 13 nitrogen and oxygen atoms in total. The Balaban J connectivity index is 1.98. The number of nitrogens with one attached hydrogen (secondary N) is 1. The van der Waals surface area contributed by atoms with Crippen LogP contribution in [0.2, 0.25) is 0 Å². The summed E-state index contributed by atoms with van der Waals surface area (Å²) >= 11 is 0. The van der Waals surface area contributed by atoms with Crippen LogP contribution in [0.4, 0.5) is 11.4 Å². The molecule has 5 rings (SSSR count). The number of aromatic hydroxyl groups is 2. The van der Waals surface area contributed by atoms with Gasteiger partial charge in [0.15, 0.2) is 5.75 Å². The zero-order valence-electron chi connectivity index (χ0n) is 33.7. The smallest absolute Gasteiger partial charge is 0.312 e. The molecule has 0 aromatic heterocycles. The number of rotatable bonds is 7. The summed E-state index contributed by atoms with van der Waals surface area (Å²) < 4.78 is 23.8. The first-order valence-electron chi connectivity index (χ1n) is 18.7. The number of aliphatic hydroxyl groups excluding tert-OH is 2. The van der Waals surface area contributed by atoms with E-state index in [4.69, 9.17) is 18.9 Å². The fraction of sp³-hybridized carbons (Fsp3) is 0.465. The molecule has 5 bridgehead atoms. The van der Waals surface area contributed by atoms with Gasteiger partial charge in [0.25, 0.3) is 11.7 Å². The maximum absolute atomic E-state index is 14.5. The van der Waals surface area contributed by atoms with E-state index < -0.39 is 77.3 Å². The molecule has 1 amide bonds. The molecular weight excluding hydrogens is 720 g/mol. The Morgan fingerprint density at radius 3 is 2.21 bits per heavy atom. The largest absolute Gasteiger partial charge is 0.507 e. The van der Waals surface area contributed by atoms with Crippen LogP contribution in [0.25, 0.3) is 10.8 Å². The molecule has 2 aromatic rings. The number of amides is 1. The fourth-order valence-corrected chi connectivity index (χ4v) is 7.48. The van der Waals surface area contributed by atoms with E-state index in [1.165, 1.54) is 46.3 Å². The van der Waals surface area contributed by atoms with Crippen molar-refractivity contribution in [2.24, 2.45) is 23.7 Å². The highest BCUT2D eigenvalue weighted by atomic mass is 16.7. The maximum Gasteiger partial charge on any atom is 0.312 e. The molecule has 13 heteroatoms. The summed E-state index contributed by atoms with van der Waals surface area (Å²) in [4.78, 5) is 42.2. The number of fused-ring (bicyclic) bond motifs is 14. The third-order valence-corrected chi connectivity index (χ3v) is 10.9. The Bertz CT molecular complexity index is 1940. The highest BCUT2D eigenvalue weighted by Crippen LogP contribution is 2.54. The third-order valence-electron chi connectivity index (χ3n) is 10.9. The van der Waals surface area contributed by atoms with Gasteiger partial charge in [0, 0.05) is 79.9 Å². The molecule has 9 unspecified atom stereocenters. The van der Waals surface area contributed by atoms with Crippen molar-refractivity contribution in [1.82, 2.24) is 0 Å². The number of carbonyl (C=O) groups is 3. The molecule has 304 valence electrons. The molecule has 9 atom stereocenters. The van der Waals surface area contributed by atoms with Gasteiger partial charge in [-0.1, -0.05) is 58.1 Å². The van der Waals surface area contributed by atoms with Crippen LogP contribution >= 0.6 is 0 Å². The summed E-state index contributed by atoms with van der Waals surface area (Å²) in [6.07, 6.45) is 7.17. The van der Waals surface area contributed by atoms with Gasteiger partial charge in [0.05, 0.1) is 41.2 Å². The molecule has 5 N–H and O–H groups in total. The van der Waals surface area contributed by atoms with Crippen LogP contribution in [0, 0.1) is 30.6 Å². The highest BCUT2D eigenvalue weighted by Gasteiger charge is 2.49. The van der Waals surface area contributed by atoms with Crippen LogP contribution in [0.15, 0.2) is 67.5 Å². The Labute approximate surface area is 328 Å². The minimum atomic E-state index is -1.95. The van der Waals surface area contributed by atoms with Crippen molar-refractivity contribution in [3.8, 4) is 17.2 Å². The number of benzene rings is 2. The summed E-state index contributed by atoms with van der Waals surface area (Å²) in [5.41, 5.74) is 0.780. The van der Waals surface area contributed by atoms with E-state index in [0.29, 0.717) is 5.69 Å². The van der Waals surface area contributed by atoms with Crippen LogP contribution in [0.1, 0.15) is 64.4 Å². The summed E-state index contributed by atoms with van der Waals surface area (Å²) in [7, 11) is 1.46. The van der Waals surface area contributed by atoms with E-state index in [2.05, 4.69) is 18.5 Å². The number of methoxy groups -OCH3 is 1. The average molecular weight is 777 g/mol. The number of ketones is 1. The zero-order chi connectivity index (χ0) is 41.8. The van der Waals surface area contributed by atoms with Crippen LogP contribution in [-0.2, 0) is 23.8 Å². The Hall–Kier alpha value is -5.11. The predicted octanol–water partition coefficient (Wildman–Crippen LogP) is 6.23. The highest BCUT2D eigenvalue weighted by molar-refractivity contribution is 6.23. The quantitative estimate of drug-likeness (QED) is 0.122. The van der Waals surface area contributed by atoms with Crippen LogP contribution in [-0.4, -0.2) is 88.5 Å². The van der Waals surface area contributed by atoms with Gasteiger partial charge in [-0.2, -0.15) is 0 Å². The fourth-order valence-electron chi connectivity index (χ4n) is 7.48. The van der Waals surface area contributed by atoms with Crippen molar-refractivity contribution >= 4 is 39.8 Å². The van der Waals surface area contributed by atoms with E-state index in [1.807, 2.05) is 0 Å². The first-order chi connectivity index (χ1) is 26.3. The molecule has 3 heterocycles. The van der Waals surface area contributed by atoms with E-state index in [0.717, 1.165) is 0 Å². The summed E-state index contributed by atoms with van der Waals surface area (Å²) in [6, 6.07) is 1.51. The number of phenols is 2. The van der Waals surface area contributed by atoms with Crippen molar-refractivity contribution in [3.05, 3.63) is 78.6 Å². The lowest BCUT2D eigenvalue weighted by Gasteiger charge is -2.38. The standard InChI is InChI=1S/C43H56N2O11/c1-12-18-45(19-13-2)30-21-29-38(50)33-32(30)34-40(27(8)37(33)49)56-43(10,41(34)51)54-20-17-31(53-11)24(5)39(55-28(9)46)26(7)36(48)25(6)35(47)22(3)15-14-16-23(4)42(52)44-29/h12-17,20-22,24-26,31,35-36,39,47-50H,1-2,18-19H2,3-11H3,(H,44,52). The number of anilines is 2. The second-order valence-electron chi connectivity index (χ2n) is 14.9. The molecule has 3 aliphatic heterocycles. The number of phenolic OH excluding ortho intramolecular Hbond substituents is 2. The number of nitrogens with zero attached hydrogens (tertiary/aromatic N) is 1. The monoisotopic (exact) mass is 776 g/mol. The van der Waals surface area contributed by atoms with Crippen molar-refractivity contribution in [1.29, 1.82) is 0 Å². The number of hydrogen-bond donors (Lipinski definition) is 5. The van der Waals surface area contributed by atoms with Crippen molar-refractivity contribution in [2.75, 3.05) is 30.4 Å². The number of allylic oxidation sites excluding steroid dienone is 2. The van der Waals surface area contributed by atoms with Gasteiger partial charge < -0.3 is 49.6 Å². The first-order valence-corrected chi connectivity index (χ1v) is 18.7. The van der Waals surface area contributed by atoms with Crippen molar-refractivity contribution in [2.45, 2.75) is 85.6 Å². The Morgan fingerprint density at radius 2 is 1.62 bits per heavy atom. The van der Waals surface area contributed by atoms with E-state index in [-0.39, 0.29) is 57.7 Å². The Morgan fingerprint density at radius 1 is 0.982 bits per heavy atom. The van der Waals surface area contributed by atoms with Crippen LogP contribution in [0.3, 0.4) is 0 Å². The SMILES string of the molecule is C=CCN(CC=C)c1cc2c(O)c3c(O)c(C)c4c(c13)C(=O)C(C)(OC=CC(OC)C(C)C(OC(C)=O)C(C)C(O)C(C)C(O)C(C)C=CC=C(C)C(=O)N2)O4. The van der Waals surface area contributed by atoms with Gasteiger partial charge in [0.1, 0.15) is 17.6 Å².